The second kappa shape index (κ2) is 6.38. The van der Waals surface area contributed by atoms with Crippen molar-refractivity contribution in [1.29, 1.82) is 0 Å². The first-order chi connectivity index (χ1) is 15.1. The van der Waals surface area contributed by atoms with E-state index in [0.29, 0.717) is 11.3 Å². The van der Waals surface area contributed by atoms with Crippen molar-refractivity contribution in [2.75, 3.05) is 12.0 Å². The van der Waals surface area contributed by atoms with Gasteiger partial charge in [0.15, 0.2) is 0 Å². The van der Waals surface area contributed by atoms with E-state index >= 15 is 0 Å². The number of imide groups is 1. The molecular weight excluding hydrogens is 390 g/mol. The predicted molar refractivity (Wildman–Crippen MR) is 114 cm³/mol. The third-order valence-corrected chi connectivity index (χ3v) is 7.00. The Kier molecular flexibility index (Phi) is 3.72. The molecule has 4 aliphatic rings. The van der Waals surface area contributed by atoms with E-state index in [1.54, 1.807) is 24.3 Å². The van der Waals surface area contributed by atoms with Crippen molar-refractivity contribution in [3.63, 3.8) is 0 Å². The number of rotatable bonds is 2. The highest BCUT2D eigenvalue weighted by Crippen LogP contribution is 2.61. The summed E-state index contributed by atoms with van der Waals surface area (Å²) in [6.45, 7) is 0. The first kappa shape index (κ1) is 18.1. The van der Waals surface area contributed by atoms with E-state index < -0.39 is 17.8 Å². The number of carbonyl (C=O) groups is 3. The maximum Gasteiger partial charge on any atom is 0.337 e. The fraction of sp³-hybridized carbons (Fsp3) is 0.192. The number of hydrogen-bond donors (Lipinski definition) is 0. The van der Waals surface area contributed by atoms with Gasteiger partial charge in [-0.15, -0.1) is 0 Å². The largest absolute Gasteiger partial charge is 0.465 e. The van der Waals surface area contributed by atoms with E-state index in [0.717, 1.165) is 22.3 Å². The molecule has 1 heterocycles. The van der Waals surface area contributed by atoms with Gasteiger partial charge in [-0.3, -0.25) is 9.59 Å². The van der Waals surface area contributed by atoms with E-state index in [-0.39, 0.29) is 23.7 Å². The first-order valence-corrected chi connectivity index (χ1v) is 10.4. The molecule has 31 heavy (non-hydrogen) atoms. The smallest absolute Gasteiger partial charge is 0.337 e. The molecule has 0 spiro atoms. The summed E-state index contributed by atoms with van der Waals surface area (Å²) in [6, 6.07) is 22.8. The molecule has 0 aromatic heterocycles. The Labute approximate surface area is 179 Å². The maximum absolute atomic E-state index is 13.6. The Morgan fingerprint density at radius 2 is 1.13 bits per heavy atom. The van der Waals surface area contributed by atoms with E-state index in [9.17, 15) is 14.4 Å². The van der Waals surface area contributed by atoms with Gasteiger partial charge in [-0.2, -0.15) is 0 Å². The number of carbonyl (C=O) groups excluding carboxylic acids is 3. The summed E-state index contributed by atoms with van der Waals surface area (Å²) in [5.41, 5.74) is 5.47. The average Bonchev–Trinajstić information content (AvgIpc) is 3.09. The molecule has 0 N–H and O–H groups in total. The monoisotopic (exact) mass is 409 g/mol. The third-order valence-electron chi connectivity index (χ3n) is 7.00. The molecule has 5 heteroatoms. The van der Waals surface area contributed by atoms with Crippen molar-refractivity contribution in [3.8, 4) is 0 Å². The Morgan fingerprint density at radius 1 is 0.710 bits per heavy atom. The molecule has 0 unspecified atom stereocenters. The van der Waals surface area contributed by atoms with Gasteiger partial charge in [0.1, 0.15) is 0 Å². The zero-order valence-electron chi connectivity index (χ0n) is 16.8. The van der Waals surface area contributed by atoms with Crippen LogP contribution in [-0.4, -0.2) is 24.9 Å². The third kappa shape index (κ3) is 2.29. The van der Waals surface area contributed by atoms with Crippen LogP contribution in [0.2, 0.25) is 0 Å². The predicted octanol–water partition coefficient (Wildman–Crippen LogP) is 3.87. The second-order valence-electron chi connectivity index (χ2n) is 8.32. The summed E-state index contributed by atoms with van der Waals surface area (Å²) in [4.78, 5) is 40.4. The summed E-state index contributed by atoms with van der Waals surface area (Å²) in [5.74, 6) is -1.87. The van der Waals surface area contributed by atoms with Gasteiger partial charge in [0.25, 0.3) is 0 Å². The van der Waals surface area contributed by atoms with Crippen LogP contribution in [0.5, 0.6) is 0 Å². The van der Waals surface area contributed by atoms with Crippen molar-refractivity contribution >= 4 is 23.5 Å². The number of esters is 1. The summed E-state index contributed by atoms with van der Waals surface area (Å²) >= 11 is 0. The van der Waals surface area contributed by atoms with Crippen LogP contribution in [0.3, 0.4) is 0 Å². The lowest BCUT2D eigenvalue weighted by atomic mass is 9.55. The van der Waals surface area contributed by atoms with Crippen LogP contribution >= 0.6 is 0 Å². The molecule has 2 atom stereocenters. The molecule has 0 saturated carbocycles. The fourth-order valence-electron chi connectivity index (χ4n) is 5.80. The lowest BCUT2D eigenvalue weighted by Crippen LogP contribution is -2.41. The minimum atomic E-state index is -0.455. The molecule has 2 amide bonds. The van der Waals surface area contributed by atoms with Gasteiger partial charge in [0, 0.05) is 11.8 Å². The highest BCUT2D eigenvalue weighted by atomic mass is 16.5. The van der Waals surface area contributed by atoms with E-state index in [4.69, 9.17) is 4.74 Å². The molecule has 3 aromatic carbocycles. The molecule has 3 aromatic rings. The molecular formula is C26H19NO4. The molecule has 2 bridgehead atoms. The number of methoxy groups -OCH3 is 1. The summed E-state index contributed by atoms with van der Waals surface area (Å²) in [5, 5.41) is 0. The van der Waals surface area contributed by atoms with Crippen LogP contribution in [0.15, 0.2) is 72.8 Å². The minimum absolute atomic E-state index is 0.127. The molecule has 1 saturated heterocycles. The normalized spacial score (nSPS) is 25.1. The van der Waals surface area contributed by atoms with Gasteiger partial charge < -0.3 is 4.74 Å². The van der Waals surface area contributed by atoms with Gasteiger partial charge in [0.2, 0.25) is 11.8 Å². The highest BCUT2D eigenvalue weighted by Gasteiger charge is 2.61. The number of nitrogens with zero attached hydrogens (tertiary/aromatic N) is 1. The van der Waals surface area contributed by atoms with Crippen molar-refractivity contribution in [2.45, 2.75) is 11.8 Å². The van der Waals surface area contributed by atoms with E-state index in [1.165, 1.54) is 12.0 Å². The number of benzene rings is 3. The number of hydrogen-bond acceptors (Lipinski definition) is 4. The fourth-order valence-corrected chi connectivity index (χ4v) is 5.80. The van der Waals surface area contributed by atoms with Crippen molar-refractivity contribution in [1.82, 2.24) is 0 Å². The summed E-state index contributed by atoms with van der Waals surface area (Å²) in [7, 11) is 1.32. The van der Waals surface area contributed by atoms with E-state index in [2.05, 4.69) is 24.3 Å². The second-order valence-corrected chi connectivity index (χ2v) is 8.32. The van der Waals surface area contributed by atoms with Crippen LogP contribution in [0.4, 0.5) is 5.69 Å². The van der Waals surface area contributed by atoms with Crippen LogP contribution in [0.25, 0.3) is 0 Å². The minimum Gasteiger partial charge on any atom is -0.465 e. The molecule has 7 rings (SSSR count). The van der Waals surface area contributed by atoms with Crippen molar-refractivity contribution in [3.05, 3.63) is 101 Å². The topological polar surface area (TPSA) is 63.7 Å². The molecule has 1 aliphatic heterocycles. The molecule has 3 aliphatic carbocycles. The number of ether oxygens (including phenoxy) is 1. The SMILES string of the molecule is COC(=O)c1ccc(N2C(=O)[C@H]3C4c5ccccc5C(c5ccccc54)[C@@H]3C2=O)cc1. The van der Waals surface area contributed by atoms with Crippen LogP contribution in [-0.2, 0) is 14.3 Å². The zero-order valence-corrected chi connectivity index (χ0v) is 16.8. The quantitative estimate of drug-likeness (QED) is 0.476. The van der Waals surface area contributed by atoms with Crippen LogP contribution in [0, 0.1) is 11.8 Å². The van der Waals surface area contributed by atoms with Gasteiger partial charge in [-0.25, -0.2) is 9.69 Å². The number of anilines is 1. The van der Waals surface area contributed by atoms with Gasteiger partial charge in [-0.05, 0) is 46.5 Å². The average molecular weight is 409 g/mol. The van der Waals surface area contributed by atoms with Crippen molar-refractivity contribution in [2.24, 2.45) is 11.8 Å². The highest BCUT2D eigenvalue weighted by molar-refractivity contribution is 6.23. The van der Waals surface area contributed by atoms with Crippen LogP contribution < -0.4 is 4.90 Å². The van der Waals surface area contributed by atoms with Crippen molar-refractivity contribution < 1.29 is 19.1 Å². The van der Waals surface area contributed by atoms with Gasteiger partial charge in [0.05, 0.1) is 30.2 Å². The molecule has 152 valence electrons. The first-order valence-electron chi connectivity index (χ1n) is 10.4. The van der Waals surface area contributed by atoms with Gasteiger partial charge in [-0.1, -0.05) is 48.5 Å². The molecule has 1 fully saturated rings. The summed E-state index contributed by atoms with van der Waals surface area (Å²) in [6.07, 6.45) is 0. The Balaban J connectivity index is 1.48. The van der Waals surface area contributed by atoms with Gasteiger partial charge >= 0.3 is 5.97 Å². The Hall–Kier alpha value is -3.73. The maximum atomic E-state index is 13.6. The van der Waals surface area contributed by atoms with E-state index in [1.807, 2.05) is 24.3 Å². The standard InChI is InChI=1S/C26H19NO4/c1-31-26(30)14-10-12-15(13-11-14)27-24(28)22-20-16-6-2-3-7-17(16)21(23(22)25(27)29)19-9-5-4-8-18(19)20/h2-13,20-23H,1H3/t20?,21?,22-,23-/m0/s1. The molecule has 5 nitrogen and oxygen atoms in total. The molecule has 0 radical (unpaired) electrons. The number of amides is 2. The Morgan fingerprint density at radius 3 is 1.52 bits per heavy atom. The summed E-state index contributed by atoms with van der Waals surface area (Å²) < 4.78 is 4.74. The van der Waals surface area contributed by atoms with Crippen LogP contribution in [0.1, 0.15) is 44.4 Å². The lowest BCUT2D eigenvalue weighted by Gasteiger charge is -2.45. The lowest BCUT2D eigenvalue weighted by molar-refractivity contribution is -0.122. The Bertz CT molecular complexity index is 1150. The zero-order chi connectivity index (χ0) is 21.3.